The minimum atomic E-state index is -0.519. The highest BCUT2D eigenvalue weighted by atomic mass is 35.5. The number of hydrogen-bond acceptors (Lipinski definition) is 3. The summed E-state index contributed by atoms with van der Waals surface area (Å²) < 4.78 is 12.8. The Balaban J connectivity index is 0.00000220. The lowest BCUT2D eigenvalue weighted by atomic mass is 10.1. The third-order valence-electron chi connectivity index (χ3n) is 3.36. The first-order chi connectivity index (χ1) is 9.49. The number of amides is 2. The van der Waals surface area contributed by atoms with Crippen LogP contribution in [-0.2, 0) is 4.79 Å². The molecule has 1 aliphatic heterocycles. The summed E-state index contributed by atoms with van der Waals surface area (Å²) in [6, 6.07) is 4.95. The number of piperazine rings is 1. The fourth-order valence-electron chi connectivity index (χ4n) is 2.19. The van der Waals surface area contributed by atoms with E-state index in [1.54, 1.807) is 16.7 Å². The summed E-state index contributed by atoms with van der Waals surface area (Å²) >= 11 is 0. The second kappa shape index (κ2) is 7.38. The fraction of sp³-hybridized carbons (Fsp3) is 0.429. The van der Waals surface area contributed by atoms with Crippen LogP contribution >= 0.6 is 12.4 Å². The standard InChI is InChI=1S/C14H18FN3O2.ClH/c1-10(16)13(19)17-6-8-18(9-7-17)14(20)11-2-4-12(15)5-3-11;/h2-5,10H,6-9,16H2,1H3;1H/t10-;/m1./s1. The Labute approximate surface area is 129 Å². The zero-order valence-electron chi connectivity index (χ0n) is 11.8. The van der Waals surface area contributed by atoms with Crippen molar-refractivity contribution in [1.29, 1.82) is 0 Å². The van der Waals surface area contributed by atoms with E-state index in [-0.39, 0.29) is 30.0 Å². The molecule has 0 bridgehead atoms. The zero-order chi connectivity index (χ0) is 14.7. The normalized spacial score (nSPS) is 16.1. The molecule has 2 amide bonds. The highest BCUT2D eigenvalue weighted by Gasteiger charge is 2.26. The van der Waals surface area contributed by atoms with Crippen molar-refractivity contribution in [1.82, 2.24) is 9.80 Å². The van der Waals surface area contributed by atoms with Gasteiger partial charge in [-0.1, -0.05) is 0 Å². The number of hydrogen-bond donors (Lipinski definition) is 1. The van der Waals surface area contributed by atoms with Crippen molar-refractivity contribution in [3.63, 3.8) is 0 Å². The highest BCUT2D eigenvalue weighted by Crippen LogP contribution is 2.10. The van der Waals surface area contributed by atoms with Gasteiger partial charge >= 0.3 is 0 Å². The molecular weight excluding hydrogens is 297 g/mol. The van der Waals surface area contributed by atoms with Crippen LogP contribution in [0.3, 0.4) is 0 Å². The second-order valence-electron chi connectivity index (χ2n) is 4.91. The van der Waals surface area contributed by atoms with Gasteiger partial charge in [-0.2, -0.15) is 0 Å². The molecule has 0 aliphatic carbocycles. The largest absolute Gasteiger partial charge is 0.338 e. The molecule has 2 rings (SSSR count). The third kappa shape index (κ3) is 4.15. The number of carbonyl (C=O) groups is 2. The lowest BCUT2D eigenvalue weighted by Gasteiger charge is -2.35. The van der Waals surface area contributed by atoms with E-state index in [1.807, 2.05) is 0 Å². The van der Waals surface area contributed by atoms with E-state index >= 15 is 0 Å². The summed E-state index contributed by atoms with van der Waals surface area (Å²) in [5, 5.41) is 0. The van der Waals surface area contributed by atoms with Crippen LogP contribution in [-0.4, -0.2) is 53.8 Å². The van der Waals surface area contributed by atoms with Gasteiger partial charge in [0.2, 0.25) is 5.91 Å². The van der Waals surface area contributed by atoms with Gasteiger partial charge in [0.25, 0.3) is 5.91 Å². The van der Waals surface area contributed by atoms with Crippen molar-refractivity contribution in [2.75, 3.05) is 26.2 Å². The quantitative estimate of drug-likeness (QED) is 0.881. The highest BCUT2D eigenvalue weighted by molar-refractivity contribution is 5.94. The van der Waals surface area contributed by atoms with Gasteiger partial charge in [-0.05, 0) is 31.2 Å². The van der Waals surface area contributed by atoms with Crippen molar-refractivity contribution in [2.45, 2.75) is 13.0 Å². The van der Waals surface area contributed by atoms with E-state index in [4.69, 9.17) is 5.73 Å². The van der Waals surface area contributed by atoms with Crippen molar-refractivity contribution < 1.29 is 14.0 Å². The van der Waals surface area contributed by atoms with Gasteiger partial charge in [0.1, 0.15) is 5.82 Å². The van der Waals surface area contributed by atoms with Crippen LogP contribution in [0.4, 0.5) is 4.39 Å². The summed E-state index contributed by atoms with van der Waals surface area (Å²) in [5.41, 5.74) is 6.02. The van der Waals surface area contributed by atoms with Gasteiger partial charge in [-0.3, -0.25) is 9.59 Å². The van der Waals surface area contributed by atoms with Gasteiger partial charge in [0.05, 0.1) is 6.04 Å². The molecule has 1 fully saturated rings. The van der Waals surface area contributed by atoms with Gasteiger partial charge < -0.3 is 15.5 Å². The topological polar surface area (TPSA) is 66.6 Å². The van der Waals surface area contributed by atoms with E-state index in [2.05, 4.69) is 0 Å². The Bertz CT molecular complexity index is 499. The minimum Gasteiger partial charge on any atom is -0.338 e. The smallest absolute Gasteiger partial charge is 0.253 e. The molecule has 0 radical (unpaired) electrons. The van der Waals surface area contributed by atoms with Gasteiger partial charge in [0, 0.05) is 31.7 Å². The number of benzene rings is 1. The Morgan fingerprint density at radius 2 is 1.57 bits per heavy atom. The maximum atomic E-state index is 12.8. The minimum absolute atomic E-state index is 0. The first-order valence-corrected chi connectivity index (χ1v) is 6.58. The van der Waals surface area contributed by atoms with Crippen LogP contribution < -0.4 is 5.73 Å². The lowest BCUT2D eigenvalue weighted by Crippen LogP contribution is -2.53. The van der Waals surface area contributed by atoms with Crippen molar-refractivity contribution >= 4 is 24.2 Å². The van der Waals surface area contributed by atoms with Crippen molar-refractivity contribution in [3.05, 3.63) is 35.6 Å². The van der Waals surface area contributed by atoms with Crippen LogP contribution in [0.15, 0.2) is 24.3 Å². The molecule has 116 valence electrons. The monoisotopic (exact) mass is 315 g/mol. The van der Waals surface area contributed by atoms with Gasteiger partial charge in [0.15, 0.2) is 0 Å². The summed E-state index contributed by atoms with van der Waals surface area (Å²) in [7, 11) is 0. The average Bonchev–Trinajstić information content (AvgIpc) is 2.46. The Hall–Kier alpha value is -1.66. The van der Waals surface area contributed by atoms with E-state index in [1.165, 1.54) is 24.3 Å². The number of nitrogens with zero attached hydrogens (tertiary/aromatic N) is 2. The Morgan fingerprint density at radius 3 is 2.05 bits per heavy atom. The zero-order valence-corrected chi connectivity index (χ0v) is 12.6. The van der Waals surface area contributed by atoms with Crippen LogP contribution in [0.2, 0.25) is 0 Å². The SMILES string of the molecule is C[C@@H](N)C(=O)N1CCN(C(=O)c2ccc(F)cc2)CC1.Cl. The molecule has 5 nitrogen and oxygen atoms in total. The molecule has 0 aromatic heterocycles. The molecule has 1 atom stereocenters. The molecule has 21 heavy (non-hydrogen) atoms. The van der Waals surface area contributed by atoms with Crippen LogP contribution in [0.5, 0.6) is 0 Å². The molecule has 1 heterocycles. The summed E-state index contributed by atoms with van der Waals surface area (Å²) in [6.07, 6.45) is 0. The maximum absolute atomic E-state index is 12.8. The third-order valence-corrected chi connectivity index (χ3v) is 3.36. The first kappa shape index (κ1) is 17.4. The predicted octanol–water partition coefficient (Wildman–Crippen LogP) is 0.879. The van der Waals surface area contributed by atoms with Crippen LogP contribution in [0.25, 0.3) is 0 Å². The van der Waals surface area contributed by atoms with Crippen LogP contribution in [0, 0.1) is 5.82 Å². The molecular formula is C14H19ClFN3O2. The molecule has 1 aliphatic rings. The predicted molar refractivity (Wildman–Crippen MR) is 79.8 cm³/mol. The van der Waals surface area contributed by atoms with Crippen LogP contribution in [0.1, 0.15) is 17.3 Å². The second-order valence-corrected chi connectivity index (χ2v) is 4.91. The number of nitrogens with two attached hydrogens (primary N) is 1. The average molecular weight is 316 g/mol. The summed E-state index contributed by atoms with van der Waals surface area (Å²) in [5.74, 6) is -0.606. The maximum Gasteiger partial charge on any atom is 0.253 e. The van der Waals surface area contributed by atoms with E-state index in [0.717, 1.165) is 0 Å². The number of rotatable bonds is 2. The van der Waals surface area contributed by atoms with E-state index in [9.17, 15) is 14.0 Å². The molecule has 0 spiro atoms. The van der Waals surface area contributed by atoms with Gasteiger partial charge in [-0.15, -0.1) is 12.4 Å². The number of carbonyl (C=O) groups excluding carboxylic acids is 2. The Kier molecular flexibility index (Phi) is 6.11. The molecule has 0 unspecified atom stereocenters. The summed E-state index contributed by atoms with van der Waals surface area (Å²) in [4.78, 5) is 27.3. The number of halogens is 2. The summed E-state index contributed by atoms with van der Waals surface area (Å²) in [6.45, 7) is 3.54. The molecule has 0 saturated carbocycles. The van der Waals surface area contributed by atoms with Crippen molar-refractivity contribution in [3.8, 4) is 0 Å². The van der Waals surface area contributed by atoms with E-state index in [0.29, 0.717) is 31.7 Å². The molecule has 2 N–H and O–H groups in total. The van der Waals surface area contributed by atoms with E-state index < -0.39 is 6.04 Å². The fourth-order valence-corrected chi connectivity index (χ4v) is 2.19. The first-order valence-electron chi connectivity index (χ1n) is 6.58. The van der Waals surface area contributed by atoms with Crippen molar-refractivity contribution in [2.24, 2.45) is 5.73 Å². The molecule has 1 saturated heterocycles. The molecule has 1 aromatic carbocycles. The Morgan fingerprint density at radius 1 is 1.10 bits per heavy atom. The molecule has 1 aromatic rings. The lowest BCUT2D eigenvalue weighted by molar-refractivity contribution is -0.133. The molecule has 7 heteroatoms. The van der Waals surface area contributed by atoms with Gasteiger partial charge in [-0.25, -0.2) is 4.39 Å².